The summed E-state index contributed by atoms with van der Waals surface area (Å²) in [6.07, 6.45) is 7.47. The van der Waals surface area contributed by atoms with Crippen molar-refractivity contribution in [3.63, 3.8) is 0 Å². The first kappa shape index (κ1) is 16.2. The highest BCUT2D eigenvalue weighted by molar-refractivity contribution is 6.14. The Morgan fingerprint density at radius 1 is 0.690 bits per heavy atom. The number of rotatable bonds is 1. The third-order valence-corrected chi connectivity index (χ3v) is 5.83. The number of imidazole rings is 1. The zero-order chi connectivity index (χ0) is 19.5. The average molecular weight is 374 g/mol. The second kappa shape index (κ2) is 5.85. The minimum atomic E-state index is 0.950. The van der Waals surface area contributed by atoms with Gasteiger partial charge in [0, 0.05) is 29.4 Å². The molecule has 0 aliphatic rings. The van der Waals surface area contributed by atoms with Crippen molar-refractivity contribution in [3.8, 4) is 11.1 Å². The van der Waals surface area contributed by atoms with Gasteiger partial charge in [-0.25, -0.2) is 4.98 Å². The lowest BCUT2D eigenvalue weighted by atomic mass is 9.93. The van der Waals surface area contributed by atoms with Crippen LogP contribution in [0, 0.1) is 13.8 Å². The molecule has 0 unspecified atom stereocenters. The van der Waals surface area contributed by atoms with Gasteiger partial charge in [-0.15, -0.1) is 0 Å². The Hall–Kier alpha value is -3.79. The van der Waals surface area contributed by atoms with Gasteiger partial charge >= 0.3 is 0 Å². The summed E-state index contributed by atoms with van der Waals surface area (Å²) in [5.74, 6) is 0. The van der Waals surface area contributed by atoms with Crippen molar-refractivity contribution in [2.24, 2.45) is 0 Å². The van der Waals surface area contributed by atoms with Gasteiger partial charge in [0.1, 0.15) is 5.65 Å². The van der Waals surface area contributed by atoms with Crippen LogP contribution in [0.15, 0.2) is 73.3 Å². The maximum atomic E-state index is 4.96. The van der Waals surface area contributed by atoms with Crippen molar-refractivity contribution in [1.82, 2.24) is 19.4 Å². The van der Waals surface area contributed by atoms with E-state index in [1.807, 2.05) is 24.7 Å². The lowest BCUT2D eigenvalue weighted by Crippen LogP contribution is -1.94. The quantitative estimate of drug-likeness (QED) is 0.338. The maximum Gasteiger partial charge on any atom is 0.146 e. The van der Waals surface area contributed by atoms with Gasteiger partial charge in [-0.3, -0.25) is 14.4 Å². The molecule has 4 heterocycles. The molecule has 4 heteroatoms. The van der Waals surface area contributed by atoms with E-state index in [0.717, 1.165) is 33.0 Å². The van der Waals surface area contributed by atoms with Crippen molar-refractivity contribution in [2.75, 3.05) is 0 Å². The summed E-state index contributed by atoms with van der Waals surface area (Å²) < 4.78 is 2.20. The van der Waals surface area contributed by atoms with Crippen molar-refractivity contribution in [2.45, 2.75) is 13.8 Å². The largest absolute Gasteiger partial charge is 0.290 e. The first-order valence-electron chi connectivity index (χ1n) is 9.70. The number of nitrogens with zero attached hydrogens (tertiary/aromatic N) is 4. The predicted octanol–water partition coefficient (Wildman–Crippen LogP) is 5.87. The zero-order valence-electron chi connectivity index (χ0n) is 16.2. The second-order valence-electron chi connectivity index (χ2n) is 7.56. The van der Waals surface area contributed by atoms with Crippen LogP contribution in [0.1, 0.15) is 11.1 Å². The number of benzene rings is 2. The molecule has 0 spiro atoms. The Balaban J connectivity index is 1.85. The van der Waals surface area contributed by atoms with E-state index in [2.05, 4.69) is 70.7 Å². The molecule has 4 aromatic heterocycles. The summed E-state index contributed by atoms with van der Waals surface area (Å²) in [7, 11) is 0. The summed E-state index contributed by atoms with van der Waals surface area (Å²) in [5.41, 5.74) is 9.05. The highest BCUT2D eigenvalue weighted by Gasteiger charge is 2.16. The third-order valence-electron chi connectivity index (χ3n) is 5.83. The van der Waals surface area contributed by atoms with Crippen LogP contribution < -0.4 is 0 Å². The number of fused-ring (bicyclic) bond motifs is 8. The fourth-order valence-electron chi connectivity index (χ4n) is 4.42. The van der Waals surface area contributed by atoms with E-state index in [1.54, 1.807) is 6.20 Å². The molecule has 0 saturated heterocycles. The van der Waals surface area contributed by atoms with Crippen LogP contribution >= 0.6 is 0 Å². The number of aromatic nitrogens is 4. The summed E-state index contributed by atoms with van der Waals surface area (Å²) in [6.45, 7) is 4.34. The molecular formula is C25H18N4. The molecule has 0 fully saturated rings. The second-order valence-corrected chi connectivity index (χ2v) is 7.56. The molecule has 4 nitrogen and oxygen atoms in total. The van der Waals surface area contributed by atoms with Crippen LogP contribution in [0.5, 0.6) is 0 Å². The van der Waals surface area contributed by atoms with Gasteiger partial charge < -0.3 is 0 Å². The maximum absolute atomic E-state index is 4.96. The average Bonchev–Trinajstić information content (AvgIpc) is 3.14. The van der Waals surface area contributed by atoms with E-state index in [1.165, 1.54) is 27.6 Å². The molecule has 0 aliphatic carbocycles. The monoisotopic (exact) mass is 374 g/mol. The van der Waals surface area contributed by atoms with E-state index in [-0.39, 0.29) is 0 Å². The molecule has 6 aromatic rings. The molecule has 2 aromatic carbocycles. The van der Waals surface area contributed by atoms with Gasteiger partial charge in [0.05, 0.1) is 22.7 Å². The molecule has 29 heavy (non-hydrogen) atoms. The number of hydrogen-bond donors (Lipinski definition) is 0. The molecule has 138 valence electrons. The summed E-state index contributed by atoms with van der Waals surface area (Å²) in [5, 5.41) is 3.43. The predicted molar refractivity (Wildman–Crippen MR) is 118 cm³/mol. The van der Waals surface area contributed by atoms with Gasteiger partial charge in [-0.1, -0.05) is 24.3 Å². The Bertz CT molecular complexity index is 1580. The molecule has 0 atom stereocenters. The van der Waals surface area contributed by atoms with E-state index >= 15 is 0 Å². The fraction of sp³-hybridized carbons (Fsp3) is 0.0800. The Labute approximate surface area is 167 Å². The smallest absolute Gasteiger partial charge is 0.146 e. The number of aryl methyl sites for hydroxylation is 2. The zero-order valence-corrected chi connectivity index (χ0v) is 16.2. The SMILES string of the molecule is Cc1ccccc1-c1cc2c3cnccc3n3c4cnccc4nc3c2cc1C. The number of hydrogen-bond acceptors (Lipinski definition) is 3. The van der Waals surface area contributed by atoms with Crippen LogP contribution in [-0.4, -0.2) is 19.4 Å². The van der Waals surface area contributed by atoms with Crippen LogP contribution in [0.2, 0.25) is 0 Å². The molecule has 0 saturated carbocycles. The lowest BCUT2D eigenvalue weighted by Gasteiger charge is -2.14. The minimum absolute atomic E-state index is 0.950. The Morgan fingerprint density at radius 3 is 2.41 bits per heavy atom. The highest BCUT2D eigenvalue weighted by atomic mass is 15.0. The topological polar surface area (TPSA) is 43.1 Å². The molecule has 0 radical (unpaired) electrons. The lowest BCUT2D eigenvalue weighted by molar-refractivity contribution is 1.26. The number of pyridine rings is 3. The standard InChI is InChI=1S/C25H18N4/c1-15-5-3-4-6-17(15)18-12-19-20(11-16(18)2)25-28-22-7-9-27-14-24(22)29(25)23-8-10-26-13-21(19)23/h3-14H,1-2H3. The molecular weight excluding hydrogens is 356 g/mol. The first-order chi connectivity index (χ1) is 14.2. The first-order valence-corrected chi connectivity index (χ1v) is 9.70. The van der Waals surface area contributed by atoms with Gasteiger partial charge in [0.15, 0.2) is 0 Å². The van der Waals surface area contributed by atoms with Crippen LogP contribution in [-0.2, 0) is 0 Å². The normalized spacial score (nSPS) is 11.8. The Kier molecular flexibility index (Phi) is 3.27. The third kappa shape index (κ3) is 2.23. The van der Waals surface area contributed by atoms with Crippen LogP contribution in [0.3, 0.4) is 0 Å². The fourth-order valence-corrected chi connectivity index (χ4v) is 4.42. The summed E-state index contributed by atoms with van der Waals surface area (Å²) in [6, 6.07) is 17.1. The van der Waals surface area contributed by atoms with Crippen LogP contribution in [0.25, 0.3) is 49.5 Å². The van der Waals surface area contributed by atoms with Crippen molar-refractivity contribution in [3.05, 3.63) is 84.4 Å². The molecule has 6 rings (SSSR count). The van der Waals surface area contributed by atoms with Crippen molar-refractivity contribution < 1.29 is 0 Å². The summed E-state index contributed by atoms with van der Waals surface area (Å²) in [4.78, 5) is 13.7. The van der Waals surface area contributed by atoms with E-state index < -0.39 is 0 Å². The molecule has 0 aliphatic heterocycles. The molecule has 0 amide bonds. The molecule has 0 N–H and O–H groups in total. The van der Waals surface area contributed by atoms with Gasteiger partial charge in [-0.05, 0) is 65.8 Å². The van der Waals surface area contributed by atoms with Gasteiger partial charge in [0.25, 0.3) is 0 Å². The van der Waals surface area contributed by atoms with Crippen molar-refractivity contribution in [1.29, 1.82) is 0 Å². The Morgan fingerprint density at radius 2 is 1.52 bits per heavy atom. The summed E-state index contributed by atoms with van der Waals surface area (Å²) >= 11 is 0. The van der Waals surface area contributed by atoms with Gasteiger partial charge in [-0.2, -0.15) is 0 Å². The van der Waals surface area contributed by atoms with Crippen LogP contribution in [0.4, 0.5) is 0 Å². The minimum Gasteiger partial charge on any atom is -0.290 e. The highest BCUT2D eigenvalue weighted by Crippen LogP contribution is 2.36. The van der Waals surface area contributed by atoms with E-state index in [9.17, 15) is 0 Å². The van der Waals surface area contributed by atoms with E-state index in [4.69, 9.17) is 4.98 Å². The van der Waals surface area contributed by atoms with Gasteiger partial charge in [0.2, 0.25) is 0 Å². The van der Waals surface area contributed by atoms with E-state index in [0.29, 0.717) is 0 Å². The van der Waals surface area contributed by atoms with Crippen molar-refractivity contribution >= 4 is 38.4 Å². The molecule has 0 bridgehead atoms.